The van der Waals surface area contributed by atoms with Crippen molar-refractivity contribution in [2.24, 2.45) is 0 Å². The van der Waals surface area contributed by atoms with E-state index in [1.54, 1.807) is 25.4 Å². The molecule has 7 nitrogen and oxygen atoms in total. The highest BCUT2D eigenvalue weighted by Crippen LogP contribution is 2.29. The van der Waals surface area contributed by atoms with Gasteiger partial charge in [-0.15, -0.1) is 0 Å². The Kier molecular flexibility index (Phi) is 4.49. The van der Waals surface area contributed by atoms with E-state index in [1.165, 1.54) is 26.4 Å². The fourth-order valence-corrected chi connectivity index (χ4v) is 3.24. The van der Waals surface area contributed by atoms with Crippen LogP contribution in [0.25, 0.3) is 0 Å². The first kappa shape index (κ1) is 15.3. The van der Waals surface area contributed by atoms with Crippen LogP contribution in [0.2, 0.25) is 0 Å². The second kappa shape index (κ2) is 6.15. The number of hydrogen-bond acceptors (Lipinski definition) is 5. The number of methoxy groups -OCH3 is 2. The van der Waals surface area contributed by atoms with Crippen LogP contribution in [-0.4, -0.2) is 32.8 Å². The first-order chi connectivity index (χ1) is 9.97. The van der Waals surface area contributed by atoms with Gasteiger partial charge in [-0.1, -0.05) is 0 Å². The normalized spacial score (nSPS) is 12.9. The molecule has 1 unspecified atom stereocenters. The summed E-state index contributed by atoms with van der Waals surface area (Å²) in [5, 5.41) is 6.45. The van der Waals surface area contributed by atoms with Gasteiger partial charge in [0.2, 0.25) is 10.0 Å². The Labute approximate surface area is 123 Å². The quantitative estimate of drug-likeness (QED) is 0.842. The maximum absolute atomic E-state index is 12.5. The van der Waals surface area contributed by atoms with E-state index in [9.17, 15) is 8.42 Å². The molecule has 0 fully saturated rings. The van der Waals surface area contributed by atoms with E-state index in [0.717, 1.165) is 5.56 Å². The second-order valence-corrected chi connectivity index (χ2v) is 6.07. The van der Waals surface area contributed by atoms with E-state index in [-0.39, 0.29) is 10.6 Å². The van der Waals surface area contributed by atoms with E-state index in [2.05, 4.69) is 14.9 Å². The number of H-pyrrole nitrogens is 1. The molecule has 0 amide bonds. The van der Waals surface area contributed by atoms with Gasteiger partial charge in [-0.2, -0.15) is 5.10 Å². The molecule has 0 saturated heterocycles. The maximum atomic E-state index is 12.5. The molecule has 1 atom stereocenters. The molecule has 114 valence electrons. The number of aromatic amines is 1. The van der Waals surface area contributed by atoms with Crippen LogP contribution in [0.5, 0.6) is 11.5 Å². The van der Waals surface area contributed by atoms with Crippen molar-refractivity contribution in [3.8, 4) is 11.5 Å². The van der Waals surface area contributed by atoms with Crippen LogP contribution in [0.15, 0.2) is 35.5 Å². The molecule has 2 N–H and O–H groups in total. The molecule has 0 saturated carbocycles. The number of ether oxygens (including phenoxy) is 2. The molecule has 0 aliphatic rings. The third kappa shape index (κ3) is 3.34. The third-order valence-corrected chi connectivity index (χ3v) is 4.59. The molecular formula is C13H17N3O4S. The lowest BCUT2D eigenvalue weighted by atomic mass is 10.2. The summed E-state index contributed by atoms with van der Waals surface area (Å²) in [5.41, 5.74) is 0.742. The van der Waals surface area contributed by atoms with Crippen molar-refractivity contribution in [1.29, 1.82) is 0 Å². The summed E-state index contributed by atoms with van der Waals surface area (Å²) < 4.78 is 37.7. The van der Waals surface area contributed by atoms with E-state index >= 15 is 0 Å². The summed E-state index contributed by atoms with van der Waals surface area (Å²) >= 11 is 0. The zero-order valence-electron chi connectivity index (χ0n) is 12.0. The maximum Gasteiger partial charge on any atom is 0.244 e. The summed E-state index contributed by atoms with van der Waals surface area (Å²) in [7, 11) is -0.813. The molecule has 1 heterocycles. The molecule has 2 rings (SSSR count). The summed E-state index contributed by atoms with van der Waals surface area (Å²) in [6.45, 7) is 1.73. The fourth-order valence-electron chi connectivity index (χ4n) is 1.86. The standard InChI is InChI=1S/C13H17N3O4S/c1-9(10-7-14-15-8-10)16-21(17,18)13-5-4-11(19-2)6-12(13)20-3/h4-9,16H,1-3H3,(H,14,15). The lowest BCUT2D eigenvalue weighted by molar-refractivity contribution is 0.385. The van der Waals surface area contributed by atoms with Crippen molar-refractivity contribution < 1.29 is 17.9 Å². The Morgan fingerprint density at radius 3 is 2.62 bits per heavy atom. The number of benzene rings is 1. The van der Waals surface area contributed by atoms with Crippen LogP contribution in [0.4, 0.5) is 0 Å². The zero-order chi connectivity index (χ0) is 15.5. The lowest BCUT2D eigenvalue weighted by Gasteiger charge is -2.15. The number of hydrogen-bond donors (Lipinski definition) is 2. The van der Waals surface area contributed by atoms with Gasteiger partial charge in [0.1, 0.15) is 16.4 Å². The first-order valence-corrected chi connectivity index (χ1v) is 7.69. The predicted molar refractivity (Wildman–Crippen MR) is 76.9 cm³/mol. The van der Waals surface area contributed by atoms with Gasteiger partial charge in [-0.05, 0) is 19.1 Å². The Morgan fingerprint density at radius 1 is 1.29 bits per heavy atom. The number of sulfonamides is 1. The van der Waals surface area contributed by atoms with Crippen molar-refractivity contribution in [2.45, 2.75) is 17.9 Å². The SMILES string of the molecule is COc1ccc(S(=O)(=O)NC(C)c2cn[nH]c2)c(OC)c1. The molecule has 0 aliphatic heterocycles. The fraction of sp³-hybridized carbons (Fsp3) is 0.308. The van der Waals surface area contributed by atoms with Crippen molar-refractivity contribution in [2.75, 3.05) is 14.2 Å². The summed E-state index contributed by atoms with van der Waals surface area (Å²) in [5.74, 6) is 0.745. The molecule has 1 aromatic heterocycles. The molecule has 0 bridgehead atoms. The van der Waals surface area contributed by atoms with E-state index in [4.69, 9.17) is 9.47 Å². The zero-order valence-corrected chi connectivity index (χ0v) is 12.8. The monoisotopic (exact) mass is 311 g/mol. The molecule has 0 aliphatic carbocycles. The Morgan fingerprint density at radius 2 is 2.05 bits per heavy atom. The van der Waals surface area contributed by atoms with Crippen molar-refractivity contribution in [1.82, 2.24) is 14.9 Å². The number of nitrogens with zero attached hydrogens (tertiary/aromatic N) is 1. The molecule has 8 heteroatoms. The summed E-state index contributed by atoms with van der Waals surface area (Å²) in [4.78, 5) is 0.0566. The van der Waals surface area contributed by atoms with Crippen LogP contribution < -0.4 is 14.2 Å². The number of rotatable bonds is 6. The van der Waals surface area contributed by atoms with Crippen molar-refractivity contribution in [3.05, 3.63) is 36.2 Å². The minimum atomic E-state index is -3.73. The average molecular weight is 311 g/mol. The first-order valence-electron chi connectivity index (χ1n) is 6.21. The van der Waals surface area contributed by atoms with Crippen LogP contribution in [0.3, 0.4) is 0 Å². The van der Waals surface area contributed by atoms with Crippen LogP contribution in [-0.2, 0) is 10.0 Å². The van der Waals surface area contributed by atoms with Gasteiger partial charge in [0.05, 0.1) is 20.4 Å². The van der Waals surface area contributed by atoms with Crippen molar-refractivity contribution >= 4 is 10.0 Å². The topological polar surface area (TPSA) is 93.3 Å². The summed E-state index contributed by atoms with van der Waals surface area (Å²) in [6, 6.07) is 4.12. The van der Waals surface area contributed by atoms with Gasteiger partial charge < -0.3 is 9.47 Å². The molecule has 0 radical (unpaired) electrons. The highest BCUT2D eigenvalue weighted by molar-refractivity contribution is 7.89. The lowest BCUT2D eigenvalue weighted by Crippen LogP contribution is -2.27. The third-order valence-electron chi connectivity index (χ3n) is 3.01. The Balaban J connectivity index is 2.31. The molecule has 0 spiro atoms. The highest BCUT2D eigenvalue weighted by atomic mass is 32.2. The van der Waals surface area contributed by atoms with Gasteiger partial charge in [0, 0.05) is 23.9 Å². The Hall–Kier alpha value is -2.06. The number of aromatic nitrogens is 2. The minimum absolute atomic E-state index is 0.0566. The van der Waals surface area contributed by atoms with E-state index < -0.39 is 16.1 Å². The summed E-state index contributed by atoms with van der Waals surface area (Å²) in [6.07, 6.45) is 3.21. The minimum Gasteiger partial charge on any atom is -0.497 e. The number of nitrogens with one attached hydrogen (secondary N) is 2. The van der Waals surface area contributed by atoms with Crippen LogP contribution >= 0.6 is 0 Å². The van der Waals surface area contributed by atoms with Gasteiger partial charge in [-0.25, -0.2) is 13.1 Å². The molecular weight excluding hydrogens is 294 g/mol. The van der Waals surface area contributed by atoms with E-state index in [0.29, 0.717) is 5.75 Å². The highest BCUT2D eigenvalue weighted by Gasteiger charge is 2.23. The average Bonchev–Trinajstić information content (AvgIpc) is 3.00. The molecule has 2 aromatic rings. The predicted octanol–water partition coefficient (Wildman–Crippen LogP) is 1.47. The van der Waals surface area contributed by atoms with Gasteiger partial charge in [0.25, 0.3) is 0 Å². The van der Waals surface area contributed by atoms with Crippen molar-refractivity contribution in [3.63, 3.8) is 0 Å². The second-order valence-electron chi connectivity index (χ2n) is 4.39. The van der Waals surface area contributed by atoms with Gasteiger partial charge in [0.15, 0.2) is 0 Å². The molecule has 21 heavy (non-hydrogen) atoms. The van der Waals surface area contributed by atoms with Crippen LogP contribution in [0.1, 0.15) is 18.5 Å². The van der Waals surface area contributed by atoms with Gasteiger partial charge in [-0.3, -0.25) is 5.10 Å². The smallest absolute Gasteiger partial charge is 0.244 e. The Bertz CT molecular complexity index is 698. The van der Waals surface area contributed by atoms with Crippen LogP contribution in [0, 0.1) is 0 Å². The van der Waals surface area contributed by atoms with Gasteiger partial charge >= 0.3 is 0 Å². The largest absolute Gasteiger partial charge is 0.497 e. The molecule has 1 aromatic carbocycles. The van der Waals surface area contributed by atoms with E-state index in [1.807, 2.05) is 0 Å².